The number of carbonyl (C=O) groups is 1. The monoisotopic (exact) mass is 282 g/mol. The second-order valence-electron chi connectivity index (χ2n) is 4.39. The molecule has 1 aliphatic heterocycles. The lowest BCUT2D eigenvalue weighted by molar-refractivity contribution is -0.199. The highest BCUT2D eigenvalue weighted by molar-refractivity contribution is 5.88. The van der Waals surface area contributed by atoms with Gasteiger partial charge < -0.3 is 40.5 Å². The number of aliphatic hydroxyl groups excluding tert-OH is 7. The summed E-state index contributed by atoms with van der Waals surface area (Å²) in [6.45, 7) is -1.30. The van der Waals surface area contributed by atoms with E-state index in [2.05, 4.69) is 0 Å². The average molecular weight is 282 g/mol. The van der Waals surface area contributed by atoms with Crippen LogP contribution < -0.4 is 0 Å². The molecular formula is C10H18O9. The van der Waals surface area contributed by atoms with Crippen molar-refractivity contribution in [1.29, 1.82) is 0 Å². The third-order valence-corrected chi connectivity index (χ3v) is 2.98. The van der Waals surface area contributed by atoms with E-state index in [0.29, 0.717) is 0 Å². The van der Waals surface area contributed by atoms with Gasteiger partial charge in [-0.3, -0.25) is 4.79 Å². The van der Waals surface area contributed by atoms with Crippen molar-refractivity contribution in [2.24, 2.45) is 0 Å². The number of aliphatic hydroxyl groups is 7. The molecule has 0 aromatic heterocycles. The first kappa shape index (κ1) is 16.4. The maximum Gasteiger partial charge on any atom is 0.195 e. The van der Waals surface area contributed by atoms with Crippen molar-refractivity contribution < 1.29 is 45.3 Å². The van der Waals surface area contributed by atoms with Gasteiger partial charge >= 0.3 is 0 Å². The Labute approximate surface area is 108 Å². The minimum Gasteiger partial charge on any atom is -0.394 e. The molecule has 0 amide bonds. The molecule has 1 saturated heterocycles. The third kappa shape index (κ3) is 3.46. The average Bonchev–Trinajstić information content (AvgIpc) is 2.41. The zero-order valence-corrected chi connectivity index (χ0v) is 9.90. The summed E-state index contributed by atoms with van der Waals surface area (Å²) in [5.74, 6) is -1.17. The fraction of sp³-hybridized carbons (Fsp3) is 0.900. The first-order valence-electron chi connectivity index (χ1n) is 5.65. The second kappa shape index (κ2) is 6.68. The molecule has 112 valence electrons. The van der Waals surface area contributed by atoms with Crippen molar-refractivity contribution in [3.8, 4) is 0 Å². The number of rotatable bonds is 5. The van der Waals surface area contributed by atoms with Gasteiger partial charge in [-0.2, -0.15) is 0 Å². The molecular weight excluding hydrogens is 264 g/mol. The molecule has 0 aromatic rings. The molecule has 0 bridgehead atoms. The van der Waals surface area contributed by atoms with Gasteiger partial charge in [0.05, 0.1) is 13.2 Å². The molecule has 9 heteroatoms. The van der Waals surface area contributed by atoms with Crippen LogP contribution in [0.1, 0.15) is 0 Å². The molecule has 7 atom stereocenters. The predicted molar refractivity (Wildman–Crippen MR) is 57.9 cm³/mol. The second-order valence-corrected chi connectivity index (χ2v) is 4.39. The van der Waals surface area contributed by atoms with Crippen LogP contribution in [0, 0.1) is 0 Å². The van der Waals surface area contributed by atoms with E-state index in [0.717, 1.165) is 0 Å². The van der Waals surface area contributed by atoms with Gasteiger partial charge in [-0.25, -0.2) is 0 Å². The normalized spacial score (nSPS) is 36.6. The molecule has 0 radical (unpaired) electrons. The Morgan fingerprint density at radius 3 is 2.26 bits per heavy atom. The van der Waals surface area contributed by atoms with Gasteiger partial charge in [-0.05, 0) is 0 Å². The molecule has 1 unspecified atom stereocenters. The molecule has 1 aliphatic rings. The zero-order valence-electron chi connectivity index (χ0n) is 9.90. The van der Waals surface area contributed by atoms with Crippen LogP contribution >= 0.6 is 0 Å². The molecule has 1 heterocycles. The number of ether oxygens (including phenoxy) is 1. The highest BCUT2D eigenvalue weighted by atomic mass is 16.5. The first-order valence-corrected chi connectivity index (χ1v) is 5.65. The minimum atomic E-state index is -2.11. The number of ketones is 1. The number of Topliss-reactive ketones (excluding diaryl/α,β-unsaturated/α-hetero) is 1. The van der Waals surface area contributed by atoms with Gasteiger partial charge in [-0.1, -0.05) is 0 Å². The summed E-state index contributed by atoms with van der Waals surface area (Å²) in [5, 5.41) is 64.7. The van der Waals surface area contributed by atoms with Crippen LogP contribution in [-0.2, 0) is 9.53 Å². The Morgan fingerprint density at radius 1 is 1.16 bits per heavy atom. The van der Waals surface area contributed by atoms with Crippen LogP contribution in [0.4, 0.5) is 0 Å². The Morgan fingerprint density at radius 2 is 1.74 bits per heavy atom. The Kier molecular flexibility index (Phi) is 5.77. The fourth-order valence-electron chi connectivity index (χ4n) is 1.71. The molecule has 9 nitrogen and oxygen atoms in total. The van der Waals surface area contributed by atoms with E-state index in [1.807, 2.05) is 0 Å². The topological polar surface area (TPSA) is 168 Å². The fourth-order valence-corrected chi connectivity index (χ4v) is 1.71. The zero-order chi connectivity index (χ0) is 14.7. The standard InChI is InChI=1S/C10H18O9/c11-1-3(12)5(14)7(16)9(18)10-8(17)6(15)4(13)2-19-10/h3-8,10-17H,1-2H2/t3-,4-,5-,6+,7+,8-,10?/m1/s1. The Balaban J connectivity index is 2.72. The lowest BCUT2D eigenvalue weighted by atomic mass is 9.92. The highest BCUT2D eigenvalue weighted by Gasteiger charge is 2.45. The van der Waals surface area contributed by atoms with Gasteiger partial charge in [0.25, 0.3) is 0 Å². The van der Waals surface area contributed by atoms with Crippen LogP contribution in [0.25, 0.3) is 0 Å². The molecule has 19 heavy (non-hydrogen) atoms. The summed E-state index contributed by atoms with van der Waals surface area (Å²) in [4.78, 5) is 11.7. The summed E-state index contributed by atoms with van der Waals surface area (Å²) < 4.78 is 4.79. The van der Waals surface area contributed by atoms with Crippen molar-refractivity contribution in [2.45, 2.75) is 42.7 Å². The lowest BCUT2D eigenvalue weighted by Crippen LogP contribution is -2.59. The van der Waals surface area contributed by atoms with E-state index >= 15 is 0 Å². The van der Waals surface area contributed by atoms with Crippen LogP contribution in [0.15, 0.2) is 0 Å². The number of carbonyl (C=O) groups excluding carboxylic acids is 1. The van der Waals surface area contributed by atoms with E-state index in [1.54, 1.807) is 0 Å². The molecule has 0 aliphatic carbocycles. The van der Waals surface area contributed by atoms with Crippen molar-refractivity contribution in [3.63, 3.8) is 0 Å². The van der Waals surface area contributed by atoms with Gasteiger partial charge in [0, 0.05) is 0 Å². The van der Waals surface area contributed by atoms with E-state index in [-0.39, 0.29) is 0 Å². The molecule has 0 saturated carbocycles. The number of hydrogen-bond acceptors (Lipinski definition) is 9. The highest BCUT2D eigenvalue weighted by Crippen LogP contribution is 2.18. The Bertz CT molecular complexity index is 309. The SMILES string of the molecule is O=C(C1OC[C@@H](O)[C@H](O)[C@H]1O)[C@@H](O)[C@H](O)[C@H](O)CO. The summed E-state index contributed by atoms with van der Waals surface area (Å²) in [7, 11) is 0. The molecule has 7 N–H and O–H groups in total. The summed E-state index contributed by atoms with van der Waals surface area (Å²) in [6.07, 6.45) is -12.2. The van der Waals surface area contributed by atoms with E-state index in [4.69, 9.17) is 14.9 Å². The molecule has 0 spiro atoms. The van der Waals surface area contributed by atoms with Crippen molar-refractivity contribution in [1.82, 2.24) is 0 Å². The van der Waals surface area contributed by atoms with Crippen molar-refractivity contribution in [2.75, 3.05) is 13.2 Å². The van der Waals surface area contributed by atoms with Crippen LogP contribution in [0.3, 0.4) is 0 Å². The van der Waals surface area contributed by atoms with E-state index in [9.17, 15) is 30.3 Å². The maximum atomic E-state index is 11.7. The largest absolute Gasteiger partial charge is 0.394 e. The summed E-state index contributed by atoms with van der Waals surface area (Å²) >= 11 is 0. The van der Waals surface area contributed by atoms with Gasteiger partial charge in [-0.15, -0.1) is 0 Å². The predicted octanol–water partition coefficient (Wildman–Crippen LogP) is -4.89. The van der Waals surface area contributed by atoms with Crippen molar-refractivity contribution in [3.05, 3.63) is 0 Å². The number of hydrogen-bond donors (Lipinski definition) is 7. The first-order chi connectivity index (χ1) is 8.81. The van der Waals surface area contributed by atoms with E-state index in [1.165, 1.54) is 0 Å². The third-order valence-electron chi connectivity index (χ3n) is 2.98. The van der Waals surface area contributed by atoms with Crippen molar-refractivity contribution >= 4 is 5.78 Å². The molecule has 0 aromatic carbocycles. The quantitative estimate of drug-likeness (QED) is 0.261. The molecule has 1 rings (SSSR count). The lowest BCUT2D eigenvalue weighted by Gasteiger charge is -2.35. The van der Waals surface area contributed by atoms with Crippen LogP contribution in [-0.4, -0.2) is 97.5 Å². The summed E-state index contributed by atoms with van der Waals surface area (Å²) in [5.41, 5.74) is 0. The van der Waals surface area contributed by atoms with Gasteiger partial charge in [0.1, 0.15) is 42.7 Å². The summed E-state index contributed by atoms with van der Waals surface area (Å²) in [6, 6.07) is 0. The maximum absolute atomic E-state index is 11.7. The van der Waals surface area contributed by atoms with Gasteiger partial charge in [0.2, 0.25) is 0 Å². The minimum absolute atomic E-state index is 0.431. The van der Waals surface area contributed by atoms with Crippen LogP contribution in [0.5, 0.6) is 0 Å². The van der Waals surface area contributed by atoms with Gasteiger partial charge in [0.15, 0.2) is 5.78 Å². The van der Waals surface area contributed by atoms with Crippen LogP contribution in [0.2, 0.25) is 0 Å². The molecule has 1 fully saturated rings. The van der Waals surface area contributed by atoms with E-state index < -0.39 is 61.7 Å². The Hall–Kier alpha value is -0.650. The smallest absolute Gasteiger partial charge is 0.195 e.